The Kier molecular flexibility index (Phi) is 6.26. The van der Waals surface area contributed by atoms with E-state index in [4.69, 9.17) is 10.0 Å². The number of hydrogen-bond donors (Lipinski definition) is 3. The molecular weight excluding hydrogens is 306 g/mol. The van der Waals surface area contributed by atoms with Gasteiger partial charge in [-0.1, -0.05) is 18.6 Å². The molecule has 0 aliphatic heterocycles. The van der Waals surface area contributed by atoms with Crippen molar-refractivity contribution in [2.45, 2.75) is 25.7 Å². The summed E-state index contributed by atoms with van der Waals surface area (Å²) in [5.41, 5.74) is 4.73. The van der Waals surface area contributed by atoms with Crippen LogP contribution in [0, 0.1) is 0 Å². The Morgan fingerprint density at radius 3 is 2.82 bits per heavy atom. The molecular formula is C14H17N3O4S. The van der Waals surface area contributed by atoms with Crippen molar-refractivity contribution in [3.8, 4) is 0 Å². The van der Waals surface area contributed by atoms with Crippen LogP contribution < -0.4 is 11.0 Å². The van der Waals surface area contributed by atoms with Gasteiger partial charge >= 0.3 is 5.91 Å². The number of para-hydroxylation sites is 1. The molecule has 8 heteroatoms. The maximum absolute atomic E-state index is 11.9. The molecule has 0 atom stereocenters. The summed E-state index contributed by atoms with van der Waals surface area (Å²) in [4.78, 5) is 32.0. The van der Waals surface area contributed by atoms with Crippen LogP contribution in [0.2, 0.25) is 0 Å². The molecule has 2 rings (SSSR count). The Bertz CT molecular complexity index is 611. The second-order valence-electron chi connectivity index (χ2n) is 4.61. The number of unbranched alkanes of at least 4 members (excludes halogenated alkanes) is 2. The van der Waals surface area contributed by atoms with Gasteiger partial charge in [-0.3, -0.25) is 19.6 Å². The minimum absolute atomic E-state index is 0.272. The number of hydroxylamine groups is 2. The van der Waals surface area contributed by atoms with Crippen LogP contribution in [0.4, 0.5) is 0 Å². The number of rotatable bonds is 8. The zero-order valence-corrected chi connectivity index (χ0v) is 12.7. The number of carbonyl (C=O) groups excluding carboxylic acids is 2. The normalized spacial score (nSPS) is 10.6. The monoisotopic (exact) mass is 323 g/mol. The van der Waals surface area contributed by atoms with E-state index >= 15 is 0 Å². The highest BCUT2D eigenvalue weighted by molar-refractivity contribution is 7.20. The average molecular weight is 323 g/mol. The van der Waals surface area contributed by atoms with Crippen LogP contribution in [-0.4, -0.2) is 28.6 Å². The molecule has 118 valence electrons. The van der Waals surface area contributed by atoms with Gasteiger partial charge in [0.25, 0.3) is 0 Å². The molecule has 3 N–H and O–H groups in total. The molecule has 0 aliphatic rings. The second-order valence-corrected chi connectivity index (χ2v) is 5.64. The van der Waals surface area contributed by atoms with Crippen LogP contribution in [0.25, 0.3) is 10.2 Å². The molecule has 1 heterocycles. The Labute approximate surface area is 131 Å². The summed E-state index contributed by atoms with van der Waals surface area (Å²) in [7, 11) is 0. The fraction of sp³-hybridized carbons (Fsp3) is 0.357. The first-order valence-electron chi connectivity index (χ1n) is 6.91. The van der Waals surface area contributed by atoms with Crippen molar-refractivity contribution in [1.29, 1.82) is 0 Å². The first-order valence-corrected chi connectivity index (χ1v) is 7.73. The summed E-state index contributed by atoms with van der Waals surface area (Å²) in [5, 5.41) is 8.68. The van der Waals surface area contributed by atoms with E-state index in [1.807, 2.05) is 24.3 Å². The van der Waals surface area contributed by atoms with Crippen LogP contribution in [-0.2, 0) is 9.63 Å². The van der Waals surface area contributed by atoms with Gasteiger partial charge in [0.2, 0.25) is 5.91 Å². The van der Waals surface area contributed by atoms with Gasteiger partial charge in [0.15, 0.2) is 5.01 Å². The van der Waals surface area contributed by atoms with Gasteiger partial charge in [-0.05, 0) is 25.0 Å². The lowest BCUT2D eigenvalue weighted by atomic mass is 10.2. The molecule has 0 saturated heterocycles. The molecule has 1 aromatic heterocycles. The van der Waals surface area contributed by atoms with Gasteiger partial charge < -0.3 is 0 Å². The van der Waals surface area contributed by atoms with Crippen molar-refractivity contribution in [2.75, 3.05) is 6.61 Å². The summed E-state index contributed by atoms with van der Waals surface area (Å²) in [6, 6.07) is 7.53. The summed E-state index contributed by atoms with van der Waals surface area (Å²) in [6.45, 7) is 0.359. The van der Waals surface area contributed by atoms with Crippen molar-refractivity contribution in [2.24, 2.45) is 0 Å². The number of benzene rings is 1. The topological polar surface area (TPSA) is 101 Å². The van der Waals surface area contributed by atoms with E-state index in [0.717, 1.165) is 16.6 Å². The number of nitrogens with zero attached hydrogens (tertiary/aromatic N) is 1. The third kappa shape index (κ3) is 4.76. The highest BCUT2D eigenvalue weighted by Crippen LogP contribution is 2.21. The number of thiazole rings is 1. The molecule has 2 amide bonds. The predicted molar refractivity (Wildman–Crippen MR) is 81.4 cm³/mol. The largest absolute Gasteiger partial charge is 0.303 e. The lowest BCUT2D eigenvalue weighted by Gasteiger charge is -2.04. The Balaban J connectivity index is 1.64. The number of nitrogens with one attached hydrogen (secondary N) is 2. The molecule has 7 nitrogen and oxygen atoms in total. The molecule has 0 bridgehead atoms. The van der Waals surface area contributed by atoms with Gasteiger partial charge in [-0.15, -0.1) is 11.3 Å². The summed E-state index contributed by atoms with van der Waals surface area (Å²) in [5.74, 6) is -0.758. The minimum atomic E-state index is -0.398. The van der Waals surface area contributed by atoms with Gasteiger partial charge in [0.05, 0.1) is 16.8 Å². The molecule has 0 radical (unpaired) electrons. The van der Waals surface area contributed by atoms with E-state index in [1.54, 1.807) is 5.48 Å². The highest BCUT2D eigenvalue weighted by atomic mass is 32.1. The number of fused-ring (bicyclic) bond motifs is 1. The lowest BCUT2D eigenvalue weighted by molar-refractivity contribution is -0.129. The van der Waals surface area contributed by atoms with Crippen LogP contribution in [0.5, 0.6) is 0 Å². The fourth-order valence-electron chi connectivity index (χ4n) is 1.82. The van der Waals surface area contributed by atoms with E-state index in [2.05, 4.69) is 10.5 Å². The predicted octanol–water partition coefficient (Wildman–Crippen LogP) is 2.02. The van der Waals surface area contributed by atoms with Crippen LogP contribution in [0.1, 0.15) is 35.5 Å². The molecule has 22 heavy (non-hydrogen) atoms. The second kappa shape index (κ2) is 8.42. The standard InChI is InChI=1S/C14H17N3O4S/c18-12(16-20)8-2-1-5-9-21-17-13(19)14-15-10-6-3-4-7-11(10)22-14/h3-4,6-7,20H,1-2,5,8-9H2,(H,16,18)(H,17,19). The molecule has 0 unspecified atom stereocenters. The third-order valence-corrected chi connectivity index (χ3v) is 3.96. The van der Waals surface area contributed by atoms with E-state index in [0.29, 0.717) is 24.5 Å². The Morgan fingerprint density at radius 2 is 2.05 bits per heavy atom. The van der Waals surface area contributed by atoms with Gasteiger partial charge in [0, 0.05) is 6.42 Å². The first kappa shape index (κ1) is 16.3. The van der Waals surface area contributed by atoms with Gasteiger partial charge in [-0.2, -0.15) is 0 Å². The molecule has 1 aromatic carbocycles. The SMILES string of the molecule is O=C(CCCCCONC(=O)c1nc2ccccc2s1)NO. The van der Waals surface area contributed by atoms with Crippen molar-refractivity contribution < 1.29 is 19.6 Å². The van der Waals surface area contributed by atoms with E-state index in [1.165, 1.54) is 11.3 Å². The number of hydrogen-bond acceptors (Lipinski definition) is 6. The average Bonchev–Trinajstić information content (AvgIpc) is 2.97. The smallest absolute Gasteiger partial charge is 0.289 e. The maximum Gasteiger partial charge on any atom is 0.303 e. The van der Waals surface area contributed by atoms with Crippen molar-refractivity contribution >= 4 is 33.4 Å². The minimum Gasteiger partial charge on any atom is -0.289 e. The summed E-state index contributed by atoms with van der Waals surface area (Å²) in [6.07, 6.45) is 2.40. The maximum atomic E-state index is 11.9. The highest BCUT2D eigenvalue weighted by Gasteiger charge is 2.11. The Hall–Kier alpha value is -2.03. The number of amides is 2. The summed E-state index contributed by atoms with van der Waals surface area (Å²) < 4.78 is 0.954. The van der Waals surface area contributed by atoms with E-state index in [9.17, 15) is 9.59 Å². The van der Waals surface area contributed by atoms with E-state index < -0.39 is 5.91 Å². The summed E-state index contributed by atoms with van der Waals surface area (Å²) >= 11 is 1.31. The molecule has 0 spiro atoms. The zero-order chi connectivity index (χ0) is 15.8. The molecule has 2 aromatic rings. The van der Waals surface area contributed by atoms with Crippen molar-refractivity contribution in [1.82, 2.24) is 15.9 Å². The van der Waals surface area contributed by atoms with Crippen LogP contribution in [0.15, 0.2) is 24.3 Å². The van der Waals surface area contributed by atoms with Gasteiger partial charge in [-0.25, -0.2) is 15.9 Å². The van der Waals surface area contributed by atoms with Crippen molar-refractivity contribution in [3.05, 3.63) is 29.3 Å². The third-order valence-electron chi connectivity index (χ3n) is 2.93. The zero-order valence-electron chi connectivity index (χ0n) is 11.9. The quantitative estimate of drug-likeness (QED) is 0.392. The van der Waals surface area contributed by atoms with Crippen LogP contribution >= 0.6 is 11.3 Å². The first-order chi connectivity index (χ1) is 10.7. The molecule has 0 aliphatic carbocycles. The van der Waals surface area contributed by atoms with E-state index in [-0.39, 0.29) is 12.3 Å². The fourth-order valence-corrected chi connectivity index (χ4v) is 2.67. The van der Waals surface area contributed by atoms with Crippen LogP contribution in [0.3, 0.4) is 0 Å². The molecule has 0 fully saturated rings. The molecule has 0 saturated carbocycles. The Morgan fingerprint density at radius 1 is 1.23 bits per heavy atom. The number of carbonyl (C=O) groups is 2. The van der Waals surface area contributed by atoms with Gasteiger partial charge in [0.1, 0.15) is 0 Å². The number of aromatic nitrogens is 1. The lowest BCUT2D eigenvalue weighted by Crippen LogP contribution is -2.24. The van der Waals surface area contributed by atoms with Crippen molar-refractivity contribution in [3.63, 3.8) is 0 Å².